The van der Waals surface area contributed by atoms with Crippen molar-refractivity contribution in [2.75, 3.05) is 6.54 Å². The molecule has 0 atom stereocenters. The highest BCUT2D eigenvalue weighted by molar-refractivity contribution is 6.30. The van der Waals surface area contributed by atoms with Crippen LogP contribution in [0.25, 0.3) is 0 Å². The molecule has 2 N–H and O–H groups in total. The van der Waals surface area contributed by atoms with Crippen LogP contribution in [0.15, 0.2) is 48.5 Å². The van der Waals surface area contributed by atoms with E-state index in [2.05, 4.69) is 15.4 Å². The van der Waals surface area contributed by atoms with Crippen LogP contribution >= 0.6 is 11.6 Å². The van der Waals surface area contributed by atoms with E-state index >= 15 is 0 Å². The zero-order valence-corrected chi connectivity index (χ0v) is 13.7. The fraction of sp³-hybridized carbons (Fsp3) is 0.176. The summed E-state index contributed by atoms with van der Waals surface area (Å²) in [6.07, 6.45) is 0. The van der Waals surface area contributed by atoms with E-state index in [1.807, 2.05) is 6.07 Å². The molecule has 0 saturated carbocycles. The average molecular weight is 369 g/mol. The van der Waals surface area contributed by atoms with Gasteiger partial charge in [-0.2, -0.15) is 8.78 Å². The van der Waals surface area contributed by atoms with Crippen LogP contribution in [0.1, 0.15) is 15.9 Å². The van der Waals surface area contributed by atoms with Gasteiger partial charge >= 0.3 is 6.61 Å². The lowest BCUT2D eigenvalue weighted by Gasteiger charge is -2.08. The average Bonchev–Trinajstić information content (AvgIpc) is 2.58. The molecule has 2 aromatic carbocycles. The molecule has 0 aliphatic rings. The Morgan fingerprint density at radius 1 is 1.08 bits per heavy atom. The Bertz CT molecular complexity index is 739. The summed E-state index contributed by atoms with van der Waals surface area (Å²) in [5.41, 5.74) is 1.06. The van der Waals surface area contributed by atoms with Gasteiger partial charge < -0.3 is 15.4 Å². The molecule has 5 nitrogen and oxygen atoms in total. The van der Waals surface area contributed by atoms with E-state index in [0.717, 1.165) is 5.56 Å². The molecule has 0 saturated heterocycles. The topological polar surface area (TPSA) is 67.4 Å². The fourth-order valence-corrected chi connectivity index (χ4v) is 2.17. The summed E-state index contributed by atoms with van der Waals surface area (Å²) >= 11 is 5.85. The molecule has 0 heterocycles. The van der Waals surface area contributed by atoms with Crippen LogP contribution in [0.3, 0.4) is 0 Å². The summed E-state index contributed by atoms with van der Waals surface area (Å²) in [5, 5.41) is 5.66. The van der Waals surface area contributed by atoms with Gasteiger partial charge in [0.2, 0.25) is 5.91 Å². The Morgan fingerprint density at radius 3 is 2.44 bits per heavy atom. The van der Waals surface area contributed by atoms with Crippen molar-refractivity contribution >= 4 is 23.4 Å². The zero-order chi connectivity index (χ0) is 18.2. The molecule has 2 rings (SSSR count). The lowest BCUT2D eigenvalue weighted by molar-refractivity contribution is -0.120. The SMILES string of the molecule is O=C(CNC(=O)c1ccc(OC(F)F)cc1)NCc1cccc(Cl)c1. The first-order chi connectivity index (χ1) is 11.9. The van der Waals surface area contributed by atoms with Crippen molar-refractivity contribution in [1.29, 1.82) is 0 Å². The van der Waals surface area contributed by atoms with E-state index < -0.39 is 12.5 Å². The molecule has 0 aliphatic carbocycles. The number of rotatable bonds is 7. The largest absolute Gasteiger partial charge is 0.435 e. The summed E-state index contributed by atoms with van der Waals surface area (Å²) < 4.78 is 28.3. The Balaban J connectivity index is 1.78. The Hall–Kier alpha value is -2.67. The van der Waals surface area contributed by atoms with E-state index in [1.165, 1.54) is 24.3 Å². The normalized spacial score (nSPS) is 10.4. The standard InChI is InChI=1S/C17H15ClF2N2O3/c18-13-3-1-2-11(8-13)9-21-15(23)10-22-16(24)12-4-6-14(7-5-12)25-17(19)20/h1-8,17H,9-10H2,(H,21,23)(H,22,24). The van der Waals surface area contributed by atoms with Crippen molar-refractivity contribution in [2.45, 2.75) is 13.2 Å². The molecule has 0 fully saturated rings. The molecule has 0 aliphatic heterocycles. The van der Waals surface area contributed by atoms with Crippen molar-refractivity contribution in [1.82, 2.24) is 10.6 Å². The number of amides is 2. The van der Waals surface area contributed by atoms with Crippen LogP contribution < -0.4 is 15.4 Å². The van der Waals surface area contributed by atoms with E-state index in [-0.39, 0.29) is 30.3 Å². The molecule has 0 bridgehead atoms. The maximum absolute atomic E-state index is 12.1. The van der Waals surface area contributed by atoms with Crippen molar-refractivity contribution in [3.05, 3.63) is 64.7 Å². The van der Waals surface area contributed by atoms with Crippen LogP contribution in [0.4, 0.5) is 8.78 Å². The van der Waals surface area contributed by atoms with Crippen molar-refractivity contribution in [2.24, 2.45) is 0 Å². The van der Waals surface area contributed by atoms with Gasteiger partial charge in [-0.3, -0.25) is 9.59 Å². The highest BCUT2D eigenvalue weighted by Crippen LogP contribution is 2.14. The third-order valence-electron chi connectivity index (χ3n) is 3.13. The third-order valence-corrected chi connectivity index (χ3v) is 3.36. The van der Waals surface area contributed by atoms with E-state index in [1.54, 1.807) is 18.2 Å². The zero-order valence-electron chi connectivity index (χ0n) is 13.0. The summed E-state index contributed by atoms with van der Waals surface area (Å²) in [4.78, 5) is 23.7. The summed E-state index contributed by atoms with van der Waals surface area (Å²) in [6, 6.07) is 12.2. The smallest absolute Gasteiger partial charge is 0.387 e. The lowest BCUT2D eigenvalue weighted by Crippen LogP contribution is -2.36. The van der Waals surface area contributed by atoms with Gasteiger partial charge in [0.15, 0.2) is 0 Å². The number of carbonyl (C=O) groups is 2. The first kappa shape index (κ1) is 18.7. The van der Waals surface area contributed by atoms with Gasteiger partial charge in [-0.25, -0.2) is 0 Å². The number of carbonyl (C=O) groups excluding carboxylic acids is 2. The number of halogens is 3. The molecule has 0 aromatic heterocycles. The van der Waals surface area contributed by atoms with Crippen LogP contribution in [0, 0.1) is 0 Å². The van der Waals surface area contributed by atoms with Gasteiger partial charge in [-0.15, -0.1) is 0 Å². The van der Waals surface area contributed by atoms with Crippen LogP contribution in [-0.4, -0.2) is 25.0 Å². The maximum atomic E-state index is 12.1. The fourth-order valence-electron chi connectivity index (χ4n) is 1.96. The van der Waals surface area contributed by atoms with Gasteiger partial charge in [-0.05, 0) is 42.0 Å². The number of nitrogens with one attached hydrogen (secondary N) is 2. The van der Waals surface area contributed by atoms with E-state index in [0.29, 0.717) is 5.02 Å². The molecule has 2 amide bonds. The van der Waals surface area contributed by atoms with Crippen molar-refractivity contribution in [3.8, 4) is 5.75 Å². The number of alkyl halides is 2. The van der Waals surface area contributed by atoms with E-state index in [9.17, 15) is 18.4 Å². The first-order valence-electron chi connectivity index (χ1n) is 7.28. The second kappa shape index (κ2) is 8.98. The summed E-state index contributed by atoms with van der Waals surface area (Å²) in [6.45, 7) is -2.85. The summed E-state index contributed by atoms with van der Waals surface area (Å²) in [5.74, 6) is -0.918. The monoisotopic (exact) mass is 368 g/mol. The molecule has 0 unspecified atom stereocenters. The minimum absolute atomic E-state index is 0.0502. The van der Waals surface area contributed by atoms with E-state index in [4.69, 9.17) is 11.6 Å². The van der Waals surface area contributed by atoms with Gasteiger partial charge in [0, 0.05) is 17.1 Å². The molecule has 25 heavy (non-hydrogen) atoms. The number of hydrogen-bond acceptors (Lipinski definition) is 3. The Labute approximate surface area is 147 Å². The van der Waals surface area contributed by atoms with Crippen LogP contribution in [0.5, 0.6) is 5.75 Å². The number of benzene rings is 2. The Morgan fingerprint density at radius 2 is 1.80 bits per heavy atom. The highest BCUT2D eigenvalue weighted by Gasteiger charge is 2.09. The molecular weight excluding hydrogens is 354 g/mol. The quantitative estimate of drug-likeness (QED) is 0.789. The highest BCUT2D eigenvalue weighted by atomic mass is 35.5. The second-order valence-electron chi connectivity index (χ2n) is 4.99. The molecule has 8 heteroatoms. The van der Waals surface area contributed by atoms with Crippen molar-refractivity contribution < 1.29 is 23.1 Å². The van der Waals surface area contributed by atoms with Gasteiger partial charge in [0.05, 0.1) is 6.54 Å². The van der Waals surface area contributed by atoms with Gasteiger partial charge in [0.25, 0.3) is 5.91 Å². The first-order valence-corrected chi connectivity index (χ1v) is 7.66. The molecule has 2 aromatic rings. The van der Waals surface area contributed by atoms with Crippen LogP contribution in [-0.2, 0) is 11.3 Å². The number of ether oxygens (including phenoxy) is 1. The predicted octanol–water partition coefficient (Wildman–Crippen LogP) is 2.99. The number of hydrogen-bond donors (Lipinski definition) is 2. The molecular formula is C17H15ClF2N2O3. The van der Waals surface area contributed by atoms with Crippen molar-refractivity contribution in [3.63, 3.8) is 0 Å². The predicted molar refractivity (Wildman–Crippen MR) is 88.7 cm³/mol. The van der Waals surface area contributed by atoms with Crippen LogP contribution in [0.2, 0.25) is 5.02 Å². The second-order valence-corrected chi connectivity index (χ2v) is 5.43. The van der Waals surface area contributed by atoms with Gasteiger partial charge in [0.1, 0.15) is 5.75 Å². The lowest BCUT2D eigenvalue weighted by atomic mass is 10.2. The minimum atomic E-state index is -2.93. The van der Waals surface area contributed by atoms with Gasteiger partial charge in [-0.1, -0.05) is 23.7 Å². The maximum Gasteiger partial charge on any atom is 0.387 e. The third kappa shape index (κ3) is 6.39. The molecule has 132 valence electrons. The molecule has 0 radical (unpaired) electrons. The summed E-state index contributed by atoms with van der Waals surface area (Å²) in [7, 11) is 0. The Kier molecular flexibility index (Phi) is 6.71. The minimum Gasteiger partial charge on any atom is -0.435 e. The molecule has 0 spiro atoms.